The molecule has 0 aliphatic rings. The summed E-state index contributed by atoms with van der Waals surface area (Å²) in [5.74, 6) is -0.0437. The first-order valence-electron chi connectivity index (χ1n) is 6.17. The first-order chi connectivity index (χ1) is 10.0. The second kappa shape index (κ2) is 8.33. The highest BCUT2D eigenvalue weighted by atomic mass is 35.5. The molecule has 7 nitrogen and oxygen atoms in total. The van der Waals surface area contributed by atoms with Crippen LogP contribution in [0.4, 0.5) is 11.4 Å². The van der Waals surface area contributed by atoms with Crippen LogP contribution in [0.3, 0.4) is 0 Å². The van der Waals surface area contributed by atoms with Gasteiger partial charge in [0.15, 0.2) is 11.5 Å². The highest BCUT2D eigenvalue weighted by molar-refractivity contribution is 6.29. The third-order valence-corrected chi connectivity index (χ3v) is 2.81. The second-order valence-electron chi connectivity index (χ2n) is 4.02. The number of halogens is 1. The van der Waals surface area contributed by atoms with Gasteiger partial charge in [0.2, 0.25) is 11.8 Å². The second-order valence-corrected chi connectivity index (χ2v) is 4.29. The smallest absolute Gasteiger partial charge is 0.239 e. The van der Waals surface area contributed by atoms with Crippen molar-refractivity contribution in [3.8, 4) is 11.5 Å². The molecule has 1 aromatic carbocycles. The van der Waals surface area contributed by atoms with Crippen molar-refractivity contribution in [1.82, 2.24) is 0 Å². The number of benzene rings is 1. The molecule has 0 unspecified atom stereocenters. The van der Waals surface area contributed by atoms with Crippen LogP contribution in [-0.2, 0) is 9.59 Å². The van der Waals surface area contributed by atoms with Gasteiger partial charge in [-0.15, -0.1) is 11.6 Å². The Morgan fingerprint density at radius 1 is 1.10 bits per heavy atom. The summed E-state index contributed by atoms with van der Waals surface area (Å²) in [5, 5.41) is 5.24. The van der Waals surface area contributed by atoms with E-state index in [1.165, 1.54) is 14.2 Å². The number of carbonyl (C=O) groups excluding carboxylic acids is 2. The van der Waals surface area contributed by atoms with E-state index in [9.17, 15) is 9.59 Å². The number of methoxy groups -OCH3 is 2. The summed E-state index contributed by atoms with van der Waals surface area (Å²) in [4.78, 5) is 23.1. The Balaban J connectivity index is 3.16. The van der Waals surface area contributed by atoms with Crippen molar-refractivity contribution in [2.24, 2.45) is 5.73 Å². The van der Waals surface area contributed by atoms with Crippen LogP contribution in [0.2, 0.25) is 0 Å². The highest BCUT2D eigenvalue weighted by Gasteiger charge is 2.14. The SMILES string of the molecule is COc1cc(NC(=O)CCl)c(NC(=O)CCN)cc1OC. The van der Waals surface area contributed by atoms with Crippen molar-refractivity contribution in [2.75, 3.05) is 37.3 Å². The van der Waals surface area contributed by atoms with Gasteiger partial charge in [0, 0.05) is 25.1 Å². The van der Waals surface area contributed by atoms with Gasteiger partial charge in [-0.25, -0.2) is 0 Å². The zero-order valence-electron chi connectivity index (χ0n) is 11.9. The van der Waals surface area contributed by atoms with Crippen LogP contribution in [0.1, 0.15) is 6.42 Å². The van der Waals surface area contributed by atoms with Gasteiger partial charge < -0.3 is 25.8 Å². The van der Waals surface area contributed by atoms with Crippen molar-refractivity contribution in [1.29, 1.82) is 0 Å². The number of nitrogens with two attached hydrogens (primary N) is 1. The summed E-state index contributed by atoms with van der Waals surface area (Å²) < 4.78 is 10.3. The summed E-state index contributed by atoms with van der Waals surface area (Å²) in [6, 6.07) is 3.10. The van der Waals surface area contributed by atoms with E-state index in [-0.39, 0.29) is 24.8 Å². The van der Waals surface area contributed by atoms with Crippen LogP contribution in [0, 0.1) is 0 Å². The van der Waals surface area contributed by atoms with Gasteiger partial charge in [-0.1, -0.05) is 0 Å². The minimum atomic E-state index is -0.404. The van der Waals surface area contributed by atoms with Gasteiger partial charge in [-0.3, -0.25) is 9.59 Å². The van der Waals surface area contributed by atoms with Crippen LogP contribution in [0.25, 0.3) is 0 Å². The fourth-order valence-electron chi connectivity index (χ4n) is 1.61. The zero-order chi connectivity index (χ0) is 15.8. The largest absolute Gasteiger partial charge is 0.493 e. The molecular weight excluding hydrogens is 298 g/mol. The van der Waals surface area contributed by atoms with Gasteiger partial charge in [0.1, 0.15) is 5.88 Å². The number of nitrogens with one attached hydrogen (secondary N) is 2. The lowest BCUT2D eigenvalue weighted by atomic mass is 10.2. The van der Waals surface area contributed by atoms with Crippen LogP contribution < -0.4 is 25.8 Å². The lowest BCUT2D eigenvalue weighted by molar-refractivity contribution is -0.116. The van der Waals surface area contributed by atoms with Gasteiger partial charge in [-0.2, -0.15) is 0 Å². The number of rotatable bonds is 7. The maximum absolute atomic E-state index is 11.7. The molecule has 116 valence electrons. The monoisotopic (exact) mass is 315 g/mol. The molecular formula is C13H18ClN3O4. The topological polar surface area (TPSA) is 103 Å². The van der Waals surface area contributed by atoms with Crippen molar-refractivity contribution in [3.05, 3.63) is 12.1 Å². The predicted octanol–water partition coefficient (Wildman–Crippen LogP) is 1.17. The van der Waals surface area contributed by atoms with Crippen LogP contribution in [-0.4, -0.2) is 38.5 Å². The molecule has 0 aromatic heterocycles. The Hall–Kier alpha value is -1.99. The molecule has 0 fully saturated rings. The average Bonchev–Trinajstić information content (AvgIpc) is 2.48. The number of alkyl halides is 1. The minimum Gasteiger partial charge on any atom is -0.493 e. The van der Waals surface area contributed by atoms with E-state index in [0.29, 0.717) is 22.9 Å². The Labute approximate surface area is 127 Å². The van der Waals surface area contributed by atoms with Crippen molar-refractivity contribution < 1.29 is 19.1 Å². The van der Waals surface area contributed by atoms with Crippen molar-refractivity contribution in [3.63, 3.8) is 0 Å². The average molecular weight is 316 g/mol. The van der Waals surface area contributed by atoms with E-state index in [1.807, 2.05) is 0 Å². The molecule has 0 spiro atoms. The first kappa shape index (κ1) is 17.1. The molecule has 0 atom stereocenters. The molecule has 2 amide bonds. The van der Waals surface area contributed by atoms with Gasteiger partial charge in [-0.05, 0) is 0 Å². The molecule has 21 heavy (non-hydrogen) atoms. The predicted molar refractivity (Wildman–Crippen MR) is 81.2 cm³/mol. The fraction of sp³-hybridized carbons (Fsp3) is 0.385. The Morgan fingerprint density at radius 3 is 1.95 bits per heavy atom. The number of hydrogen-bond donors (Lipinski definition) is 3. The highest BCUT2D eigenvalue weighted by Crippen LogP contribution is 2.36. The number of hydrogen-bond acceptors (Lipinski definition) is 5. The van der Waals surface area contributed by atoms with Crippen molar-refractivity contribution in [2.45, 2.75) is 6.42 Å². The zero-order valence-corrected chi connectivity index (χ0v) is 12.6. The maximum Gasteiger partial charge on any atom is 0.239 e. The molecule has 0 aliphatic heterocycles. The van der Waals surface area contributed by atoms with E-state index in [1.54, 1.807) is 12.1 Å². The summed E-state index contributed by atoms with van der Waals surface area (Å²) in [6.45, 7) is 0.225. The van der Waals surface area contributed by atoms with E-state index in [4.69, 9.17) is 26.8 Å². The Bertz CT molecular complexity index is 522. The molecule has 1 aromatic rings. The molecule has 0 bridgehead atoms. The molecule has 0 radical (unpaired) electrons. The quantitative estimate of drug-likeness (QED) is 0.655. The van der Waals surface area contributed by atoms with Gasteiger partial charge in [0.05, 0.1) is 25.6 Å². The Morgan fingerprint density at radius 2 is 1.57 bits per heavy atom. The normalized spacial score (nSPS) is 9.90. The van der Waals surface area contributed by atoms with Gasteiger partial charge in [0.25, 0.3) is 0 Å². The molecule has 0 aliphatic carbocycles. The number of ether oxygens (including phenoxy) is 2. The van der Waals surface area contributed by atoms with Crippen LogP contribution >= 0.6 is 11.6 Å². The summed E-state index contributed by atoms with van der Waals surface area (Å²) in [5.41, 5.74) is 6.08. The third kappa shape index (κ3) is 4.80. The van der Waals surface area contributed by atoms with E-state index < -0.39 is 5.91 Å². The summed E-state index contributed by atoms with van der Waals surface area (Å²) >= 11 is 5.47. The standard InChI is InChI=1S/C13H18ClN3O4/c1-20-10-5-8(16-12(18)3-4-15)9(6-11(10)21-2)17-13(19)7-14/h5-6H,3-4,7,15H2,1-2H3,(H,16,18)(H,17,19). The molecule has 0 saturated heterocycles. The maximum atomic E-state index is 11.7. The van der Waals surface area contributed by atoms with Crippen LogP contribution in [0.5, 0.6) is 11.5 Å². The number of amides is 2. The molecule has 4 N–H and O–H groups in total. The molecule has 0 saturated carbocycles. The number of anilines is 2. The third-order valence-electron chi connectivity index (χ3n) is 2.56. The first-order valence-corrected chi connectivity index (χ1v) is 6.70. The van der Waals surface area contributed by atoms with E-state index in [0.717, 1.165) is 0 Å². The molecule has 1 rings (SSSR count). The molecule has 8 heteroatoms. The van der Waals surface area contributed by atoms with E-state index >= 15 is 0 Å². The number of carbonyl (C=O) groups is 2. The fourth-order valence-corrected chi connectivity index (χ4v) is 1.68. The lowest BCUT2D eigenvalue weighted by Gasteiger charge is -2.16. The minimum absolute atomic E-state index is 0.164. The van der Waals surface area contributed by atoms with Crippen molar-refractivity contribution >= 4 is 34.8 Å². The lowest BCUT2D eigenvalue weighted by Crippen LogP contribution is -2.19. The molecule has 0 heterocycles. The van der Waals surface area contributed by atoms with Gasteiger partial charge >= 0.3 is 0 Å². The van der Waals surface area contributed by atoms with E-state index in [2.05, 4.69) is 10.6 Å². The Kier molecular flexibility index (Phi) is 6.77. The summed E-state index contributed by atoms with van der Waals surface area (Å²) in [7, 11) is 2.94. The summed E-state index contributed by atoms with van der Waals surface area (Å²) in [6.07, 6.45) is 0.164. The van der Waals surface area contributed by atoms with Crippen LogP contribution in [0.15, 0.2) is 12.1 Å².